The Hall–Kier alpha value is -1.94. The molecule has 0 spiro atoms. The predicted octanol–water partition coefficient (Wildman–Crippen LogP) is 20.7. The number of phosphoric acid groups is 2. The third-order valence-electron chi connectivity index (χ3n) is 16.6. The second-order valence-corrected chi connectivity index (χ2v) is 28.5. The minimum absolute atomic E-state index is 0.108. The Bertz CT molecular complexity index is 1720. The highest BCUT2D eigenvalue weighted by Gasteiger charge is 2.30. The Morgan fingerprint density at radius 1 is 0.267 bits per heavy atom. The van der Waals surface area contributed by atoms with E-state index in [0.29, 0.717) is 25.7 Å². The standard InChI is InChI=1S/C71H138O17P2/c1-5-9-13-17-21-25-29-33-34-38-42-46-50-54-58-71(76)88-67(62-82-69(74)56-52-48-44-40-36-31-27-23-19-15-11-7-3)64-86-90(79,80)84-60-65(72)59-83-89(77,78)85-63-66(87-70(75)57-53-49-45-41-37-32-28-24-20-16-12-8-4)61-81-68(73)55-51-47-43-39-35-30-26-22-18-14-10-6-2/h65-67,72H,5-64H2,1-4H3,(H,77,78)(H,79,80)/t65-,66+,67+/m0/s1. The number of aliphatic hydroxyl groups is 1. The van der Waals surface area contributed by atoms with E-state index in [1.165, 1.54) is 205 Å². The van der Waals surface area contributed by atoms with Crippen LogP contribution in [0.25, 0.3) is 0 Å². The van der Waals surface area contributed by atoms with Crippen LogP contribution < -0.4 is 0 Å². The highest BCUT2D eigenvalue weighted by Crippen LogP contribution is 2.45. The van der Waals surface area contributed by atoms with E-state index in [9.17, 15) is 43.2 Å². The van der Waals surface area contributed by atoms with Crippen LogP contribution in [0.15, 0.2) is 0 Å². The van der Waals surface area contributed by atoms with E-state index < -0.39 is 97.5 Å². The Morgan fingerprint density at radius 3 is 0.656 bits per heavy atom. The molecule has 90 heavy (non-hydrogen) atoms. The molecule has 0 saturated heterocycles. The average molecular weight is 1330 g/mol. The number of esters is 4. The van der Waals surface area contributed by atoms with Crippen LogP contribution in [0.5, 0.6) is 0 Å². The van der Waals surface area contributed by atoms with Gasteiger partial charge in [-0.05, 0) is 25.7 Å². The fraction of sp³-hybridized carbons (Fsp3) is 0.944. The van der Waals surface area contributed by atoms with Crippen LogP contribution in [0, 0.1) is 0 Å². The first-order valence-corrected chi connectivity index (χ1v) is 40.3. The third kappa shape index (κ3) is 64.8. The van der Waals surface area contributed by atoms with Crippen molar-refractivity contribution in [3.63, 3.8) is 0 Å². The van der Waals surface area contributed by atoms with Gasteiger partial charge in [0.05, 0.1) is 26.4 Å². The van der Waals surface area contributed by atoms with Gasteiger partial charge >= 0.3 is 39.5 Å². The van der Waals surface area contributed by atoms with E-state index in [-0.39, 0.29) is 25.7 Å². The number of carbonyl (C=O) groups is 4. The van der Waals surface area contributed by atoms with E-state index >= 15 is 0 Å². The van der Waals surface area contributed by atoms with Gasteiger partial charge in [0.15, 0.2) is 12.2 Å². The first-order valence-electron chi connectivity index (χ1n) is 37.3. The molecule has 0 aromatic carbocycles. The summed E-state index contributed by atoms with van der Waals surface area (Å²) in [6.45, 7) is 4.96. The Balaban J connectivity index is 5.25. The monoisotopic (exact) mass is 1320 g/mol. The van der Waals surface area contributed by atoms with Gasteiger partial charge in [-0.2, -0.15) is 0 Å². The maximum absolute atomic E-state index is 13.0. The number of unbranched alkanes of at least 4 members (excludes halogenated alkanes) is 46. The number of ether oxygens (including phenoxy) is 4. The summed E-state index contributed by atoms with van der Waals surface area (Å²) in [5.74, 6) is -2.12. The summed E-state index contributed by atoms with van der Waals surface area (Å²) < 4.78 is 68.3. The summed E-state index contributed by atoms with van der Waals surface area (Å²) in [6.07, 6.45) is 53.8. The molecule has 0 saturated carbocycles. The van der Waals surface area contributed by atoms with Crippen molar-refractivity contribution in [1.82, 2.24) is 0 Å². The van der Waals surface area contributed by atoms with Gasteiger partial charge in [-0.1, -0.05) is 323 Å². The van der Waals surface area contributed by atoms with E-state index in [0.717, 1.165) is 89.9 Å². The van der Waals surface area contributed by atoms with Crippen LogP contribution in [0.4, 0.5) is 0 Å². The normalized spacial score (nSPS) is 14.0. The quantitative estimate of drug-likeness (QED) is 0.0222. The molecule has 5 atom stereocenters. The first kappa shape index (κ1) is 88.1. The van der Waals surface area contributed by atoms with Crippen molar-refractivity contribution in [2.75, 3.05) is 39.6 Å². The summed E-state index contributed by atoms with van der Waals surface area (Å²) in [5, 5.41) is 10.6. The maximum Gasteiger partial charge on any atom is 0.472 e. The van der Waals surface area contributed by atoms with E-state index in [4.69, 9.17) is 37.0 Å². The Kier molecular flexibility index (Phi) is 64.3. The van der Waals surface area contributed by atoms with Crippen molar-refractivity contribution in [2.24, 2.45) is 0 Å². The van der Waals surface area contributed by atoms with Gasteiger partial charge in [-0.15, -0.1) is 0 Å². The van der Waals surface area contributed by atoms with Crippen LogP contribution in [0.2, 0.25) is 0 Å². The zero-order valence-corrected chi connectivity index (χ0v) is 59.9. The molecule has 0 heterocycles. The molecular weight excluding hydrogens is 1190 g/mol. The molecule has 0 aliphatic heterocycles. The van der Waals surface area contributed by atoms with Crippen molar-refractivity contribution >= 4 is 39.5 Å². The zero-order valence-electron chi connectivity index (χ0n) is 58.1. The van der Waals surface area contributed by atoms with Gasteiger partial charge in [-0.25, -0.2) is 9.13 Å². The molecule has 0 aliphatic carbocycles. The number of hydrogen-bond donors (Lipinski definition) is 3. The predicted molar refractivity (Wildman–Crippen MR) is 363 cm³/mol. The van der Waals surface area contributed by atoms with E-state index in [1.807, 2.05) is 0 Å². The highest BCUT2D eigenvalue weighted by molar-refractivity contribution is 7.47. The maximum atomic E-state index is 13.0. The van der Waals surface area contributed by atoms with Crippen molar-refractivity contribution in [3.8, 4) is 0 Å². The second-order valence-electron chi connectivity index (χ2n) is 25.6. The average Bonchev–Trinajstić information content (AvgIpc) is 3.54. The number of phosphoric ester groups is 2. The SMILES string of the molecule is CCCCCCCCCCCCCCCCC(=O)O[C@H](COC(=O)CCCCCCCCCCCCCC)COP(=O)(O)OC[C@@H](O)COP(=O)(O)OC[C@@H](COC(=O)CCCCCCCCCCCCCC)OC(=O)CCCCCCCCCCCCCC. The molecule has 0 amide bonds. The highest BCUT2D eigenvalue weighted by atomic mass is 31.2. The van der Waals surface area contributed by atoms with Crippen molar-refractivity contribution in [1.29, 1.82) is 0 Å². The smallest absolute Gasteiger partial charge is 0.462 e. The molecule has 19 heteroatoms. The Labute approximate surface area is 549 Å². The minimum atomic E-state index is -4.95. The lowest BCUT2D eigenvalue weighted by molar-refractivity contribution is -0.161. The van der Waals surface area contributed by atoms with Crippen LogP contribution in [0.1, 0.15) is 374 Å². The molecule has 0 bridgehead atoms. The summed E-state index contributed by atoms with van der Waals surface area (Å²) in [4.78, 5) is 72.6. The molecule has 0 aliphatic rings. The largest absolute Gasteiger partial charge is 0.472 e. The van der Waals surface area contributed by atoms with Gasteiger partial charge in [-0.3, -0.25) is 37.3 Å². The summed E-state index contributed by atoms with van der Waals surface area (Å²) in [7, 11) is -9.90. The van der Waals surface area contributed by atoms with Gasteiger partial charge in [0.25, 0.3) is 0 Å². The molecular formula is C71H138O17P2. The lowest BCUT2D eigenvalue weighted by Gasteiger charge is -2.21. The second kappa shape index (κ2) is 65.7. The van der Waals surface area contributed by atoms with Crippen molar-refractivity contribution < 1.29 is 80.2 Å². The van der Waals surface area contributed by atoms with Gasteiger partial charge < -0.3 is 33.8 Å². The Morgan fingerprint density at radius 2 is 0.444 bits per heavy atom. The topological polar surface area (TPSA) is 237 Å². The number of hydrogen-bond acceptors (Lipinski definition) is 15. The van der Waals surface area contributed by atoms with Crippen molar-refractivity contribution in [3.05, 3.63) is 0 Å². The number of aliphatic hydroxyl groups excluding tert-OH is 1. The molecule has 3 N–H and O–H groups in total. The minimum Gasteiger partial charge on any atom is -0.462 e. The number of rotatable bonds is 72. The van der Waals surface area contributed by atoms with Crippen molar-refractivity contribution in [2.45, 2.75) is 393 Å². The molecule has 0 aromatic rings. The zero-order chi connectivity index (χ0) is 66.1. The van der Waals surface area contributed by atoms with Crippen LogP contribution in [-0.2, 0) is 65.4 Å². The molecule has 2 unspecified atom stereocenters. The molecule has 0 radical (unpaired) electrons. The van der Waals surface area contributed by atoms with Crippen LogP contribution in [0.3, 0.4) is 0 Å². The molecule has 0 rings (SSSR count). The van der Waals surface area contributed by atoms with Gasteiger partial charge in [0, 0.05) is 25.7 Å². The summed E-state index contributed by atoms with van der Waals surface area (Å²) in [5.41, 5.74) is 0. The van der Waals surface area contributed by atoms with Crippen LogP contribution >= 0.6 is 15.6 Å². The lowest BCUT2D eigenvalue weighted by Crippen LogP contribution is -2.30. The van der Waals surface area contributed by atoms with Gasteiger partial charge in [0.1, 0.15) is 19.3 Å². The van der Waals surface area contributed by atoms with Gasteiger partial charge in [0.2, 0.25) is 0 Å². The fourth-order valence-electron chi connectivity index (χ4n) is 10.9. The first-order chi connectivity index (χ1) is 43.7. The summed E-state index contributed by atoms with van der Waals surface area (Å²) >= 11 is 0. The fourth-order valence-corrected chi connectivity index (χ4v) is 12.4. The summed E-state index contributed by atoms with van der Waals surface area (Å²) in [6, 6.07) is 0. The van der Waals surface area contributed by atoms with Crippen LogP contribution in [-0.4, -0.2) is 96.7 Å². The third-order valence-corrected chi connectivity index (χ3v) is 18.5. The molecule has 0 aromatic heterocycles. The molecule has 17 nitrogen and oxygen atoms in total. The molecule has 0 fully saturated rings. The number of carbonyl (C=O) groups excluding carboxylic acids is 4. The molecule has 534 valence electrons. The lowest BCUT2D eigenvalue weighted by atomic mass is 10.0. The van der Waals surface area contributed by atoms with E-state index in [1.54, 1.807) is 0 Å². The van der Waals surface area contributed by atoms with E-state index in [2.05, 4.69) is 27.7 Å².